The molecule has 1 aromatic rings. The number of piperidine rings is 1. The van der Waals surface area contributed by atoms with Crippen LogP contribution in [0.4, 0.5) is 0 Å². The van der Waals surface area contributed by atoms with E-state index in [4.69, 9.17) is 5.26 Å². The molecule has 1 aliphatic heterocycles. The molecule has 18 heavy (non-hydrogen) atoms. The van der Waals surface area contributed by atoms with E-state index in [-0.39, 0.29) is 17.4 Å². The van der Waals surface area contributed by atoms with Crippen molar-refractivity contribution in [2.45, 2.75) is 32.7 Å². The molecular weight excluding hydrogens is 228 g/mol. The molecule has 0 bridgehead atoms. The van der Waals surface area contributed by atoms with Gasteiger partial charge in [-0.1, -0.05) is 0 Å². The second-order valence-electron chi connectivity index (χ2n) is 5.16. The lowest BCUT2D eigenvalue weighted by Gasteiger charge is -2.36. The number of rotatable bonds is 2. The Morgan fingerprint density at radius 1 is 1.50 bits per heavy atom. The first-order valence-corrected chi connectivity index (χ1v) is 6.25. The fourth-order valence-electron chi connectivity index (χ4n) is 2.22. The first-order chi connectivity index (χ1) is 8.56. The van der Waals surface area contributed by atoms with Gasteiger partial charge in [-0.2, -0.15) is 10.4 Å². The zero-order valence-electron chi connectivity index (χ0n) is 10.8. The summed E-state index contributed by atoms with van der Waals surface area (Å²) in [4.78, 5) is 14.1. The number of likely N-dealkylation sites (tertiary alicyclic amines) is 1. The quantitative estimate of drug-likeness (QED) is 0.796. The third kappa shape index (κ3) is 2.37. The predicted octanol–water partition coefficient (Wildman–Crippen LogP) is 1.60. The van der Waals surface area contributed by atoms with Crippen molar-refractivity contribution < 1.29 is 4.79 Å². The Bertz CT molecular complexity index is 452. The topological polar surface area (TPSA) is 61.9 Å². The summed E-state index contributed by atoms with van der Waals surface area (Å²) in [6.07, 6.45) is 4.97. The average Bonchev–Trinajstić information content (AvgIpc) is 2.92. The van der Waals surface area contributed by atoms with E-state index >= 15 is 0 Å². The molecule has 0 radical (unpaired) electrons. The van der Waals surface area contributed by atoms with E-state index in [9.17, 15) is 4.79 Å². The van der Waals surface area contributed by atoms with E-state index in [0.29, 0.717) is 13.1 Å². The van der Waals surface area contributed by atoms with Gasteiger partial charge in [0.1, 0.15) is 6.04 Å². The lowest BCUT2D eigenvalue weighted by molar-refractivity contribution is -0.136. The van der Waals surface area contributed by atoms with Crippen molar-refractivity contribution in [3.63, 3.8) is 0 Å². The lowest BCUT2D eigenvalue weighted by atomic mass is 9.82. The molecule has 1 fully saturated rings. The molecule has 0 spiro atoms. The molecule has 1 atom stereocenters. The molecule has 1 amide bonds. The first-order valence-electron chi connectivity index (χ1n) is 6.25. The molecule has 0 saturated carbocycles. The van der Waals surface area contributed by atoms with Crippen LogP contribution in [0.25, 0.3) is 0 Å². The minimum absolute atomic E-state index is 0.0821. The number of nitriles is 1. The minimum Gasteiger partial charge on any atom is -0.341 e. The Morgan fingerprint density at radius 3 is 2.67 bits per heavy atom. The second kappa shape index (κ2) is 4.81. The SMILES string of the molecule is CC(C(=O)N1CCC(C)(C#N)CC1)n1cccn1. The van der Waals surface area contributed by atoms with Gasteiger partial charge in [0.15, 0.2) is 0 Å². The van der Waals surface area contributed by atoms with Crippen LogP contribution in [0, 0.1) is 16.7 Å². The molecule has 1 saturated heterocycles. The van der Waals surface area contributed by atoms with Crippen molar-refractivity contribution in [1.29, 1.82) is 5.26 Å². The van der Waals surface area contributed by atoms with Gasteiger partial charge in [0, 0.05) is 25.5 Å². The molecule has 1 aromatic heterocycles. The molecule has 5 heteroatoms. The maximum Gasteiger partial charge on any atom is 0.247 e. The van der Waals surface area contributed by atoms with Crippen molar-refractivity contribution in [3.05, 3.63) is 18.5 Å². The zero-order chi connectivity index (χ0) is 13.2. The molecule has 0 aromatic carbocycles. The van der Waals surface area contributed by atoms with Crippen molar-refractivity contribution in [2.24, 2.45) is 5.41 Å². The van der Waals surface area contributed by atoms with E-state index in [1.165, 1.54) is 0 Å². The zero-order valence-corrected chi connectivity index (χ0v) is 10.8. The van der Waals surface area contributed by atoms with E-state index in [1.54, 1.807) is 17.1 Å². The maximum atomic E-state index is 12.3. The summed E-state index contributed by atoms with van der Waals surface area (Å²) in [6.45, 7) is 5.14. The van der Waals surface area contributed by atoms with Gasteiger partial charge in [0.25, 0.3) is 0 Å². The normalized spacial score (nSPS) is 20.2. The van der Waals surface area contributed by atoms with E-state index < -0.39 is 0 Å². The lowest BCUT2D eigenvalue weighted by Crippen LogP contribution is -2.44. The fraction of sp³-hybridized carbons (Fsp3) is 0.615. The summed E-state index contributed by atoms with van der Waals surface area (Å²) in [6, 6.07) is 3.88. The van der Waals surface area contributed by atoms with Gasteiger partial charge in [-0.05, 0) is 32.8 Å². The number of hydrogen-bond donors (Lipinski definition) is 0. The molecule has 5 nitrogen and oxygen atoms in total. The van der Waals surface area contributed by atoms with Gasteiger partial charge >= 0.3 is 0 Å². The molecule has 1 aliphatic rings. The van der Waals surface area contributed by atoms with Gasteiger partial charge in [0.05, 0.1) is 11.5 Å². The Morgan fingerprint density at radius 2 is 2.17 bits per heavy atom. The van der Waals surface area contributed by atoms with Crippen molar-refractivity contribution >= 4 is 5.91 Å². The summed E-state index contributed by atoms with van der Waals surface area (Å²) in [5, 5.41) is 13.2. The second-order valence-corrected chi connectivity index (χ2v) is 5.16. The third-order valence-corrected chi connectivity index (χ3v) is 3.73. The summed E-state index contributed by atoms with van der Waals surface area (Å²) in [7, 11) is 0. The Labute approximate surface area is 107 Å². The van der Waals surface area contributed by atoms with Crippen molar-refractivity contribution in [2.75, 3.05) is 13.1 Å². The molecule has 96 valence electrons. The van der Waals surface area contributed by atoms with Gasteiger partial charge in [-0.25, -0.2) is 0 Å². The Kier molecular flexibility index (Phi) is 3.37. The van der Waals surface area contributed by atoms with Gasteiger partial charge < -0.3 is 4.90 Å². The summed E-state index contributed by atoms with van der Waals surface area (Å²) >= 11 is 0. The monoisotopic (exact) mass is 246 g/mol. The first kappa shape index (κ1) is 12.6. The van der Waals surface area contributed by atoms with Gasteiger partial charge in [-0.3, -0.25) is 9.48 Å². The number of carbonyl (C=O) groups excluding carboxylic acids is 1. The highest BCUT2D eigenvalue weighted by Crippen LogP contribution is 2.30. The number of amides is 1. The van der Waals surface area contributed by atoms with Crippen LogP contribution >= 0.6 is 0 Å². The van der Waals surface area contributed by atoms with Crippen LogP contribution in [0.3, 0.4) is 0 Å². The molecule has 2 heterocycles. The smallest absolute Gasteiger partial charge is 0.247 e. The van der Waals surface area contributed by atoms with Gasteiger partial charge in [0.2, 0.25) is 5.91 Å². The molecular formula is C13H18N4O. The van der Waals surface area contributed by atoms with Crippen molar-refractivity contribution in [3.8, 4) is 6.07 Å². The Balaban J connectivity index is 1.98. The van der Waals surface area contributed by atoms with E-state index in [1.807, 2.05) is 24.8 Å². The third-order valence-electron chi connectivity index (χ3n) is 3.73. The standard InChI is InChI=1S/C13H18N4O/c1-11(17-7-3-6-15-17)12(18)16-8-4-13(2,10-14)5-9-16/h3,6-7,11H,4-5,8-9H2,1-2H3. The highest BCUT2D eigenvalue weighted by atomic mass is 16.2. The number of carbonyl (C=O) groups is 1. The van der Waals surface area contributed by atoms with E-state index in [0.717, 1.165) is 12.8 Å². The fourth-order valence-corrected chi connectivity index (χ4v) is 2.22. The molecule has 1 unspecified atom stereocenters. The van der Waals surface area contributed by atoms with Gasteiger partial charge in [-0.15, -0.1) is 0 Å². The molecule has 2 rings (SSSR count). The van der Waals surface area contributed by atoms with Crippen LogP contribution in [-0.4, -0.2) is 33.7 Å². The van der Waals surface area contributed by atoms with E-state index in [2.05, 4.69) is 11.2 Å². The number of aromatic nitrogens is 2. The van der Waals surface area contributed by atoms with Crippen LogP contribution in [0.2, 0.25) is 0 Å². The van der Waals surface area contributed by atoms with Crippen LogP contribution in [0.5, 0.6) is 0 Å². The summed E-state index contributed by atoms with van der Waals surface area (Å²) < 4.78 is 1.67. The Hall–Kier alpha value is -1.83. The predicted molar refractivity (Wildman–Crippen MR) is 66.5 cm³/mol. The summed E-state index contributed by atoms with van der Waals surface area (Å²) in [5.41, 5.74) is -0.272. The highest BCUT2D eigenvalue weighted by molar-refractivity contribution is 5.80. The largest absolute Gasteiger partial charge is 0.341 e. The number of nitrogens with zero attached hydrogens (tertiary/aromatic N) is 4. The van der Waals surface area contributed by atoms with Crippen molar-refractivity contribution in [1.82, 2.24) is 14.7 Å². The van der Waals surface area contributed by atoms with Crippen LogP contribution in [0.1, 0.15) is 32.7 Å². The van der Waals surface area contributed by atoms with Crippen LogP contribution in [0.15, 0.2) is 18.5 Å². The average molecular weight is 246 g/mol. The minimum atomic E-state index is -0.272. The van der Waals surface area contributed by atoms with Crippen LogP contribution < -0.4 is 0 Å². The highest BCUT2D eigenvalue weighted by Gasteiger charge is 2.33. The summed E-state index contributed by atoms with van der Waals surface area (Å²) in [5.74, 6) is 0.0821. The molecule has 0 N–H and O–H groups in total. The maximum absolute atomic E-state index is 12.3. The van der Waals surface area contributed by atoms with Crippen LogP contribution in [-0.2, 0) is 4.79 Å². The molecule has 0 aliphatic carbocycles. The number of hydrogen-bond acceptors (Lipinski definition) is 3.